The quantitative estimate of drug-likeness (QED) is 0.865. The van der Waals surface area contributed by atoms with Crippen LogP contribution in [0.5, 0.6) is 0 Å². The lowest BCUT2D eigenvalue weighted by atomic mass is 10.1. The molecular weight excluding hydrogens is 354 g/mol. The highest BCUT2D eigenvalue weighted by Crippen LogP contribution is 2.28. The van der Waals surface area contributed by atoms with Crippen molar-refractivity contribution in [2.75, 3.05) is 22.1 Å². The molecule has 0 aromatic heterocycles. The lowest BCUT2D eigenvalue weighted by Gasteiger charge is -2.18. The minimum absolute atomic E-state index is 0.124. The number of nitrogens with one attached hydrogen (secondary N) is 2. The summed E-state index contributed by atoms with van der Waals surface area (Å²) in [4.78, 5) is 37.6. The van der Waals surface area contributed by atoms with Gasteiger partial charge in [0, 0.05) is 42.0 Å². The predicted molar refractivity (Wildman–Crippen MR) is 101 cm³/mol. The van der Waals surface area contributed by atoms with E-state index in [1.165, 1.54) is 6.92 Å². The van der Waals surface area contributed by atoms with E-state index in [9.17, 15) is 14.4 Å². The fourth-order valence-electron chi connectivity index (χ4n) is 2.87. The van der Waals surface area contributed by atoms with E-state index >= 15 is 0 Å². The van der Waals surface area contributed by atoms with Gasteiger partial charge in [0.1, 0.15) is 0 Å². The van der Waals surface area contributed by atoms with Crippen molar-refractivity contribution in [1.82, 2.24) is 0 Å². The first kappa shape index (κ1) is 17.9. The Bertz CT molecular complexity index is 851. The number of hydrogen-bond donors (Lipinski definition) is 2. The fourth-order valence-corrected chi connectivity index (χ4v) is 2.99. The van der Waals surface area contributed by atoms with Gasteiger partial charge in [-0.1, -0.05) is 17.7 Å². The molecule has 3 amide bonds. The second-order valence-corrected chi connectivity index (χ2v) is 6.57. The summed E-state index contributed by atoms with van der Waals surface area (Å²) in [5.41, 5.74) is 1.90. The summed E-state index contributed by atoms with van der Waals surface area (Å²) in [6.45, 7) is 1.71. The van der Waals surface area contributed by atoms with Gasteiger partial charge in [0.25, 0.3) is 0 Å². The van der Waals surface area contributed by atoms with E-state index < -0.39 is 5.92 Å². The molecule has 7 heteroatoms. The normalized spacial score (nSPS) is 16.5. The van der Waals surface area contributed by atoms with Crippen molar-refractivity contribution in [2.24, 2.45) is 5.92 Å². The molecule has 2 aromatic carbocycles. The third-order valence-corrected chi connectivity index (χ3v) is 4.34. The second kappa shape index (κ2) is 7.58. The number of carbonyl (C=O) groups is 3. The number of nitrogens with zero attached hydrogens (tertiary/aromatic N) is 1. The zero-order chi connectivity index (χ0) is 18.7. The number of amides is 3. The van der Waals surface area contributed by atoms with E-state index in [4.69, 9.17) is 11.6 Å². The van der Waals surface area contributed by atoms with Crippen LogP contribution in [-0.4, -0.2) is 24.3 Å². The highest BCUT2D eigenvalue weighted by Gasteiger charge is 2.35. The van der Waals surface area contributed by atoms with Gasteiger partial charge < -0.3 is 15.5 Å². The SMILES string of the molecule is CC(=O)Nc1cccc(N2C[C@@H](C(=O)Nc3ccc(Cl)cc3)CC2=O)c1. The van der Waals surface area contributed by atoms with Gasteiger partial charge in [0.15, 0.2) is 0 Å². The Morgan fingerprint density at radius 1 is 1.08 bits per heavy atom. The number of benzene rings is 2. The number of rotatable bonds is 4. The van der Waals surface area contributed by atoms with Crippen LogP contribution in [0.1, 0.15) is 13.3 Å². The zero-order valence-electron chi connectivity index (χ0n) is 14.2. The Labute approximate surface area is 156 Å². The minimum atomic E-state index is -0.442. The van der Waals surface area contributed by atoms with Gasteiger partial charge >= 0.3 is 0 Å². The molecule has 1 saturated heterocycles. The molecule has 2 N–H and O–H groups in total. The average molecular weight is 372 g/mol. The molecule has 1 atom stereocenters. The van der Waals surface area contributed by atoms with Crippen LogP contribution in [0.15, 0.2) is 48.5 Å². The maximum atomic E-state index is 12.5. The van der Waals surface area contributed by atoms with Crippen LogP contribution in [0.4, 0.5) is 17.1 Å². The molecule has 1 aliphatic rings. The molecule has 26 heavy (non-hydrogen) atoms. The zero-order valence-corrected chi connectivity index (χ0v) is 14.9. The summed E-state index contributed by atoms with van der Waals surface area (Å²) in [5.74, 6) is -0.958. The summed E-state index contributed by atoms with van der Waals surface area (Å²) in [5, 5.41) is 6.08. The molecule has 0 radical (unpaired) electrons. The molecule has 2 aromatic rings. The molecule has 3 rings (SSSR count). The Kier molecular flexibility index (Phi) is 5.23. The first-order valence-electron chi connectivity index (χ1n) is 8.17. The Balaban J connectivity index is 1.69. The number of carbonyl (C=O) groups excluding carboxylic acids is 3. The van der Waals surface area contributed by atoms with E-state index in [1.54, 1.807) is 53.4 Å². The van der Waals surface area contributed by atoms with Crippen LogP contribution in [0, 0.1) is 5.92 Å². The summed E-state index contributed by atoms with van der Waals surface area (Å²) in [6.07, 6.45) is 0.143. The first-order chi connectivity index (χ1) is 12.4. The standard InChI is InChI=1S/C19H18ClN3O3/c1-12(24)21-16-3-2-4-17(10-16)23-11-13(9-18(23)25)19(26)22-15-7-5-14(20)6-8-15/h2-8,10,13H,9,11H2,1H3,(H,21,24)(H,22,26)/t13-/m0/s1. The molecule has 1 aliphatic heterocycles. The lowest BCUT2D eigenvalue weighted by molar-refractivity contribution is -0.122. The number of hydrogen-bond acceptors (Lipinski definition) is 3. The van der Waals surface area contributed by atoms with Crippen LogP contribution < -0.4 is 15.5 Å². The van der Waals surface area contributed by atoms with E-state index in [2.05, 4.69) is 10.6 Å². The highest BCUT2D eigenvalue weighted by atomic mass is 35.5. The van der Waals surface area contributed by atoms with Crippen molar-refractivity contribution < 1.29 is 14.4 Å². The summed E-state index contributed by atoms with van der Waals surface area (Å²) >= 11 is 5.84. The van der Waals surface area contributed by atoms with Gasteiger partial charge in [-0.25, -0.2) is 0 Å². The van der Waals surface area contributed by atoms with Gasteiger partial charge in [-0.2, -0.15) is 0 Å². The minimum Gasteiger partial charge on any atom is -0.326 e. The van der Waals surface area contributed by atoms with Crippen molar-refractivity contribution >= 4 is 46.4 Å². The molecule has 134 valence electrons. The van der Waals surface area contributed by atoms with Crippen LogP contribution in [0.3, 0.4) is 0 Å². The summed E-state index contributed by atoms with van der Waals surface area (Å²) < 4.78 is 0. The maximum Gasteiger partial charge on any atom is 0.229 e. The van der Waals surface area contributed by atoms with E-state index in [0.717, 1.165) is 0 Å². The van der Waals surface area contributed by atoms with Crippen LogP contribution in [0.25, 0.3) is 0 Å². The second-order valence-electron chi connectivity index (χ2n) is 6.13. The van der Waals surface area contributed by atoms with Gasteiger partial charge in [0.2, 0.25) is 17.7 Å². The van der Waals surface area contributed by atoms with Crippen LogP contribution in [-0.2, 0) is 14.4 Å². The van der Waals surface area contributed by atoms with Crippen molar-refractivity contribution in [1.29, 1.82) is 0 Å². The largest absolute Gasteiger partial charge is 0.326 e. The van der Waals surface area contributed by atoms with Gasteiger partial charge in [0.05, 0.1) is 5.92 Å². The average Bonchev–Trinajstić information content (AvgIpc) is 2.98. The molecule has 6 nitrogen and oxygen atoms in total. The molecule has 1 fully saturated rings. The van der Waals surface area contributed by atoms with Crippen molar-refractivity contribution in [3.63, 3.8) is 0 Å². The smallest absolute Gasteiger partial charge is 0.229 e. The van der Waals surface area contributed by atoms with Gasteiger partial charge in [-0.05, 0) is 42.5 Å². The summed E-state index contributed by atoms with van der Waals surface area (Å²) in [6, 6.07) is 13.8. The van der Waals surface area contributed by atoms with E-state index in [1.807, 2.05) is 0 Å². The monoisotopic (exact) mass is 371 g/mol. The van der Waals surface area contributed by atoms with Crippen molar-refractivity contribution in [2.45, 2.75) is 13.3 Å². The first-order valence-corrected chi connectivity index (χ1v) is 8.54. The van der Waals surface area contributed by atoms with Crippen LogP contribution in [0.2, 0.25) is 5.02 Å². The highest BCUT2D eigenvalue weighted by molar-refractivity contribution is 6.30. The van der Waals surface area contributed by atoms with Crippen LogP contribution >= 0.6 is 11.6 Å². The van der Waals surface area contributed by atoms with Crippen molar-refractivity contribution in [3.8, 4) is 0 Å². The van der Waals surface area contributed by atoms with Gasteiger partial charge in [-0.3, -0.25) is 14.4 Å². The van der Waals surface area contributed by atoms with Crippen molar-refractivity contribution in [3.05, 3.63) is 53.6 Å². The van der Waals surface area contributed by atoms with Gasteiger partial charge in [-0.15, -0.1) is 0 Å². The Morgan fingerprint density at radius 2 is 1.81 bits per heavy atom. The number of anilines is 3. The summed E-state index contributed by atoms with van der Waals surface area (Å²) in [7, 11) is 0. The fraction of sp³-hybridized carbons (Fsp3) is 0.211. The Hall–Kier alpha value is -2.86. The third kappa shape index (κ3) is 4.21. The number of halogens is 1. The molecule has 0 unspecified atom stereocenters. The third-order valence-electron chi connectivity index (χ3n) is 4.09. The molecular formula is C19H18ClN3O3. The molecule has 0 saturated carbocycles. The molecule has 0 aliphatic carbocycles. The van der Waals surface area contributed by atoms with E-state index in [-0.39, 0.29) is 24.1 Å². The van der Waals surface area contributed by atoms with E-state index in [0.29, 0.717) is 28.6 Å². The Morgan fingerprint density at radius 3 is 2.50 bits per heavy atom. The molecule has 0 bridgehead atoms. The molecule has 1 heterocycles. The molecule has 0 spiro atoms. The maximum absolute atomic E-state index is 12.5. The lowest BCUT2D eigenvalue weighted by Crippen LogP contribution is -2.28. The predicted octanol–water partition coefficient (Wildman–Crippen LogP) is 3.29. The topological polar surface area (TPSA) is 78.5 Å².